The third-order valence-corrected chi connectivity index (χ3v) is 2.78. The molecule has 0 fully saturated rings. The quantitative estimate of drug-likeness (QED) is 0.702. The number of nitrogens with one attached hydrogen (secondary N) is 1. The van der Waals surface area contributed by atoms with E-state index in [0.717, 1.165) is 25.4 Å². The predicted octanol–water partition coefficient (Wildman–Crippen LogP) is 2.47. The van der Waals surface area contributed by atoms with E-state index in [1.807, 2.05) is 0 Å². The molecule has 0 aromatic heterocycles. The molecule has 1 aromatic carbocycles. The Morgan fingerprint density at radius 2 is 2.07 bits per heavy atom. The highest BCUT2D eigenvalue weighted by atomic mass is 16.5. The van der Waals surface area contributed by atoms with Crippen LogP contribution in [0.4, 0.5) is 0 Å². The second-order valence-corrected chi connectivity index (χ2v) is 5.06. The van der Waals surface area contributed by atoms with Crippen LogP contribution in [0.1, 0.15) is 31.9 Å². The van der Waals surface area contributed by atoms with Gasteiger partial charge in [-0.1, -0.05) is 32.9 Å². The van der Waals surface area contributed by atoms with Gasteiger partial charge < -0.3 is 10.1 Å². The molecule has 2 heteroatoms. The summed E-state index contributed by atoms with van der Waals surface area (Å²) < 4.78 is 5.72. The summed E-state index contributed by atoms with van der Waals surface area (Å²) in [5.74, 6) is 1.05. The molecular weight excluding hydrogens is 186 g/mol. The van der Waals surface area contributed by atoms with Gasteiger partial charge in [0.15, 0.2) is 0 Å². The van der Waals surface area contributed by atoms with Crippen LogP contribution in [0.3, 0.4) is 0 Å². The molecule has 0 atom stereocenters. The minimum atomic E-state index is 0.181. The largest absolute Gasteiger partial charge is 0.492 e. The van der Waals surface area contributed by atoms with Crippen molar-refractivity contribution < 1.29 is 4.74 Å². The first-order valence-electron chi connectivity index (χ1n) is 5.55. The van der Waals surface area contributed by atoms with Crippen LogP contribution >= 0.6 is 0 Å². The van der Waals surface area contributed by atoms with Crippen LogP contribution in [0.25, 0.3) is 0 Å². The van der Waals surface area contributed by atoms with Crippen LogP contribution in [0.2, 0.25) is 0 Å². The molecule has 0 saturated carbocycles. The maximum atomic E-state index is 5.72. The molecule has 2 rings (SSSR count). The first-order valence-corrected chi connectivity index (χ1v) is 5.55. The molecule has 1 heterocycles. The van der Waals surface area contributed by atoms with E-state index in [9.17, 15) is 0 Å². The van der Waals surface area contributed by atoms with E-state index < -0.39 is 0 Å². The van der Waals surface area contributed by atoms with Crippen molar-refractivity contribution in [1.29, 1.82) is 0 Å². The highest BCUT2D eigenvalue weighted by molar-refractivity contribution is 5.43. The van der Waals surface area contributed by atoms with Crippen molar-refractivity contribution >= 4 is 0 Å². The fourth-order valence-electron chi connectivity index (χ4n) is 2.03. The van der Waals surface area contributed by atoms with Crippen molar-refractivity contribution in [2.75, 3.05) is 13.2 Å². The maximum Gasteiger partial charge on any atom is 0.124 e. The van der Waals surface area contributed by atoms with E-state index >= 15 is 0 Å². The molecule has 1 aromatic rings. The molecule has 0 amide bonds. The summed E-state index contributed by atoms with van der Waals surface area (Å²) in [6, 6.07) is 6.36. The lowest BCUT2D eigenvalue weighted by Crippen LogP contribution is -2.19. The Labute approximate surface area is 91.6 Å². The Balaban J connectivity index is 2.48. The van der Waals surface area contributed by atoms with E-state index in [2.05, 4.69) is 44.3 Å². The summed E-state index contributed by atoms with van der Waals surface area (Å²) in [5, 5.41) is 3.39. The topological polar surface area (TPSA) is 21.3 Å². The third kappa shape index (κ3) is 2.15. The van der Waals surface area contributed by atoms with Gasteiger partial charge in [0.05, 0.1) is 0 Å². The molecule has 1 N–H and O–H groups in total. The fraction of sp³-hybridized carbons (Fsp3) is 0.538. The molecule has 2 nitrogen and oxygen atoms in total. The van der Waals surface area contributed by atoms with Gasteiger partial charge in [0, 0.05) is 18.7 Å². The lowest BCUT2D eigenvalue weighted by atomic mass is 9.83. The van der Waals surface area contributed by atoms with Crippen LogP contribution < -0.4 is 10.1 Å². The van der Waals surface area contributed by atoms with Crippen molar-refractivity contribution in [2.45, 2.75) is 32.7 Å². The van der Waals surface area contributed by atoms with Gasteiger partial charge in [0.25, 0.3) is 0 Å². The first kappa shape index (κ1) is 10.5. The van der Waals surface area contributed by atoms with Gasteiger partial charge >= 0.3 is 0 Å². The summed E-state index contributed by atoms with van der Waals surface area (Å²) in [6.45, 7) is 9.34. The molecule has 15 heavy (non-hydrogen) atoms. The molecule has 0 spiro atoms. The molecule has 0 unspecified atom stereocenters. The smallest absolute Gasteiger partial charge is 0.124 e. The number of benzene rings is 1. The van der Waals surface area contributed by atoms with Crippen LogP contribution in [-0.4, -0.2) is 13.2 Å². The second-order valence-electron chi connectivity index (χ2n) is 5.06. The van der Waals surface area contributed by atoms with Crippen LogP contribution in [-0.2, 0) is 12.0 Å². The van der Waals surface area contributed by atoms with Gasteiger partial charge in [0.2, 0.25) is 0 Å². The van der Waals surface area contributed by atoms with E-state index in [-0.39, 0.29) is 5.41 Å². The first-order chi connectivity index (χ1) is 7.09. The Morgan fingerprint density at radius 3 is 2.80 bits per heavy atom. The van der Waals surface area contributed by atoms with Gasteiger partial charge in [-0.15, -0.1) is 0 Å². The molecule has 1 aliphatic heterocycles. The Kier molecular flexibility index (Phi) is 2.70. The molecule has 0 saturated heterocycles. The van der Waals surface area contributed by atoms with Gasteiger partial charge in [-0.25, -0.2) is 0 Å². The molecule has 82 valence electrons. The van der Waals surface area contributed by atoms with E-state index in [4.69, 9.17) is 4.74 Å². The monoisotopic (exact) mass is 205 g/mol. The number of fused-ring (bicyclic) bond motifs is 1. The molecule has 1 aliphatic rings. The maximum absolute atomic E-state index is 5.72. The zero-order valence-corrected chi connectivity index (χ0v) is 9.76. The summed E-state index contributed by atoms with van der Waals surface area (Å²) in [7, 11) is 0. The summed E-state index contributed by atoms with van der Waals surface area (Å²) in [4.78, 5) is 0. The minimum absolute atomic E-state index is 0.181. The van der Waals surface area contributed by atoms with Gasteiger partial charge in [-0.3, -0.25) is 0 Å². The normalized spacial score (nSPS) is 16.5. The molecular formula is C13H19NO. The van der Waals surface area contributed by atoms with Gasteiger partial charge in [-0.05, 0) is 17.0 Å². The SMILES string of the molecule is CC(C)(C)c1cccc2c1CNCCO2. The predicted molar refractivity (Wildman–Crippen MR) is 62.3 cm³/mol. The number of hydrogen-bond donors (Lipinski definition) is 1. The van der Waals surface area contributed by atoms with Gasteiger partial charge in [0.1, 0.15) is 12.4 Å². The van der Waals surface area contributed by atoms with Crippen molar-refractivity contribution in [3.8, 4) is 5.75 Å². The Hall–Kier alpha value is -1.02. The lowest BCUT2D eigenvalue weighted by Gasteiger charge is -2.23. The average Bonchev–Trinajstić information content (AvgIpc) is 2.39. The average molecular weight is 205 g/mol. The standard InChI is InChI=1S/C13H19NO/c1-13(2,3)11-5-4-6-12-10(11)9-14-7-8-15-12/h4-6,14H,7-9H2,1-3H3. The second kappa shape index (κ2) is 3.86. The van der Waals surface area contributed by atoms with Crippen LogP contribution in [0.15, 0.2) is 18.2 Å². The fourth-order valence-corrected chi connectivity index (χ4v) is 2.03. The molecule has 0 bridgehead atoms. The number of rotatable bonds is 0. The van der Waals surface area contributed by atoms with Crippen molar-refractivity contribution in [1.82, 2.24) is 5.32 Å². The number of ether oxygens (including phenoxy) is 1. The Bertz CT molecular complexity index is 352. The lowest BCUT2D eigenvalue weighted by molar-refractivity contribution is 0.325. The van der Waals surface area contributed by atoms with Crippen molar-refractivity contribution in [3.05, 3.63) is 29.3 Å². The molecule has 0 aliphatic carbocycles. The third-order valence-electron chi connectivity index (χ3n) is 2.78. The summed E-state index contributed by atoms with van der Waals surface area (Å²) >= 11 is 0. The van der Waals surface area contributed by atoms with Crippen molar-refractivity contribution in [2.24, 2.45) is 0 Å². The van der Waals surface area contributed by atoms with E-state index in [1.165, 1.54) is 11.1 Å². The Morgan fingerprint density at radius 1 is 1.27 bits per heavy atom. The zero-order valence-electron chi connectivity index (χ0n) is 9.76. The van der Waals surface area contributed by atoms with E-state index in [0.29, 0.717) is 0 Å². The highest BCUT2D eigenvalue weighted by Crippen LogP contribution is 2.32. The highest BCUT2D eigenvalue weighted by Gasteiger charge is 2.21. The van der Waals surface area contributed by atoms with Crippen LogP contribution in [0, 0.1) is 0 Å². The summed E-state index contributed by atoms with van der Waals surface area (Å²) in [6.07, 6.45) is 0. The summed E-state index contributed by atoms with van der Waals surface area (Å²) in [5.41, 5.74) is 2.89. The van der Waals surface area contributed by atoms with Crippen molar-refractivity contribution in [3.63, 3.8) is 0 Å². The number of hydrogen-bond acceptors (Lipinski definition) is 2. The zero-order chi connectivity index (χ0) is 10.9. The van der Waals surface area contributed by atoms with E-state index in [1.54, 1.807) is 0 Å². The van der Waals surface area contributed by atoms with Gasteiger partial charge in [-0.2, -0.15) is 0 Å². The van der Waals surface area contributed by atoms with Crippen LogP contribution in [0.5, 0.6) is 5.75 Å². The minimum Gasteiger partial charge on any atom is -0.492 e. The molecule has 0 radical (unpaired) electrons.